The first kappa shape index (κ1) is 12.8. The van der Waals surface area contributed by atoms with Crippen molar-refractivity contribution in [2.75, 3.05) is 6.54 Å². The molecule has 2 fully saturated rings. The van der Waals surface area contributed by atoms with E-state index in [9.17, 15) is 4.79 Å². The molecule has 0 bridgehead atoms. The van der Waals surface area contributed by atoms with Crippen LogP contribution in [0.25, 0.3) is 0 Å². The molecule has 2 rings (SSSR count). The lowest BCUT2D eigenvalue weighted by Gasteiger charge is -2.28. The van der Waals surface area contributed by atoms with E-state index in [1.165, 1.54) is 38.5 Å². The minimum atomic E-state index is 0. The summed E-state index contributed by atoms with van der Waals surface area (Å²) >= 11 is 0. The van der Waals surface area contributed by atoms with E-state index >= 15 is 0 Å². The Morgan fingerprint density at radius 2 is 1.67 bits per heavy atom. The molecule has 1 amide bonds. The van der Waals surface area contributed by atoms with Crippen LogP contribution in [0.3, 0.4) is 0 Å². The second-order valence-corrected chi connectivity index (χ2v) is 4.49. The van der Waals surface area contributed by atoms with Gasteiger partial charge in [-0.05, 0) is 25.8 Å². The third-order valence-electron chi connectivity index (χ3n) is 3.34. The summed E-state index contributed by atoms with van der Waals surface area (Å²) in [6.45, 7) is 1.00. The number of amides is 1. The zero-order chi connectivity index (χ0) is 9.80. The van der Waals surface area contributed by atoms with Crippen molar-refractivity contribution >= 4 is 18.3 Å². The zero-order valence-corrected chi connectivity index (χ0v) is 9.94. The zero-order valence-electron chi connectivity index (χ0n) is 9.13. The summed E-state index contributed by atoms with van der Waals surface area (Å²) in [5.41, 5.74) is 0. The number of nitrogens with one attached hydrogen (secondary N) is 2. The summed E-state index contributed by atoms with van der Waals surface area (Å²) in [5.74, 6) is 0.225. The predicted octanol–water partition coefficient (Wildman–Crippen LogP) is 1.61. The minimum absolute atomic E-state index is 0. The Morgan fingerprint density at radius 3 is 2.13 bits per heavy atom. The van der Waals surface area contributed by atoms with E-state index in [4.69, 9.17) is 0 Å². The Bertz CT molecular complexity index is 199. The SMILES string of the molecule is Cl.O=C(NC1CCCCCC1)[C@H]1CCN1. The maximum absolute atomic E-state index is 11.6. The van der Waals surface area contributed by atoms with Crippen LogP contribution < -0.4 is 10.6 Å². The van der Waals surface area contributed by atoms with Crippen LogP contribution in [0.1, 0.15) is 44.9 Å². The lowest BCUT2D eigenvalue weighted by Crippen LogP contribution is -2.55. The van der Waals surface area contributed by atoms with Crippen LogP contribution in [0, 0.1) is 0 Å². The van der Waals surface area contributed by atoms with E-state index < -0.39 is 0 Å². The van der Waals surface area contributed by atoms with Crippen molar-refractivity contribution in [3.63, 3.8) is 0 Å². The molecule has 15 heavy (non-hydrogen) atoms. The average molecular weight is 233 g/mol. The largest absolute Gasteiger partial charge is 0.352 e. The lowest BCUT2D eigenvalue weighted by molar-refractivity contribution is -0.125. The molecule has 2 aliphatic rings. The Balaban J connectivity index is 0.00000112. The first-order valence-corrected chi connectivity index (χ1v) is 5.90. The van der Waals surface area contributed by atoms with Gasteiger partial charge in [0.1, 0.15) is 0 Å². The fraction of sp³-hybridized carbons (Fsp3) is 0.909. The topological polar surface area (TPSA) is 41.1 Å². The second kappa shape index (κ2) is 6.33. The van der Waals surface area contributed by atoms with Crippen LogP contribution in [-0.2, 0) is 4.79 Å². The molecule has 0 aromatic heterocycles. The molecule has 1 aliphatic carbocycles. The Morgan fingerprint density at radius 1 is 1.07 bits per heavy atom. The van der Waals surface area contributed by atoms with Crippen LogP contribution in [-0.4, -0.2) is 24.5 Å². The lowest BCUT2D eigenvalue weighted by atomic mass is 10.0. The van der Waals surface area contributed by atoms with Gasteiger partial charge >= 0.3 is 0 Å². The van der Waals surface area contributed by atoms with Crippen LogP contribution in [0.4, 0.5) is 0 Å². The van der Waals surface area contributed by atoms with E-state index in [1.54, 1.807) is 0 Å². The predicted molar refractivity (Wildman–Crippen MR) is 63.3 cm³/mol. The van der Waals surface area contributed by atoms with Crippen molar-refractivity contribution in [3.8, 4) is 0 Å². The van der Waals surface area contributed by atoms with Crippen molar-refractivity contribution < 1.29 is 4.79 Å². The fourth-order valence-corrected chi connectivity index (χ4v) is 2.24. The van der Waals surface area contributed by atoms with Gasteiger partial charge in [0.25, 0.3) is 0 Å². The summed E-state index contributed by atoms with van der Waals surface area (Å²) in [5, 5.41) is 6.30. The van der Waals surface area contributed by atoms with Crippen molar-refractivity contribution in [1.82, 2.24) is 10.6 Å². The highest BCUT2D eigenvalue weighted by molar-refractivity contribution is 5.85. The van der Waals surface area contributed by atoms with Crippen molar-refractivity contribution in [1.29, 1.82) is 0 Å². The minimum Gasteiger partial charge on any atom is -0.352 e. The molecule has 0 unspecified atom stereocenters. The van der Waals surface area contributed by atoms with E-state index in [0.717, 1.165) is 13.0 Å². The van der Waals surface area contributed by atoms with E-state index in [2.05, 4.69) is 10.6 Å². The number of carbonyl (C=O) groups excluding carboxylic acids is 1. The molecule has 1 saturated carbocycles. The molecule has 88 valence electrons. The number of hydrogen-bond donors (Lipinski definition) is 2. The van der Waals surface area contributed by atoms with Crippen molar-refractivity contribution in [2.45, 2.75) is 57.0 Å². The van der Waals surface area contributed by atoms with E-state index in [0.29, 0.717) is 6.04 Å². The first-order chi connectivity index (χ1) is 6.86. The standard InChI is InChI=1S/C11H20N2O.ClH/c14-11(10-7-8-12-10)13-9-5-3-1-2-4-6-9;/h9-10,12H,1-8H2,(H,13,14);1H/t10-;/m1./s1. The Labute approximate surface area is 97.8 Å². The van der Waals surface area contributed by atoms with Gasteiger partial charge in [0.05, 0.1) is 6.04 Å². The number of halogens is 1. The summed E-state index contributed by atoms with van der Waals surface area (Å²) in [4.78, 5) is 11.6. The van der Waals surface area contributed by atoms with Gasteiger partial charge in [-0.2, -0.15) is 0 Å². The summed E-state index contributed by atoms with van der Waals surface area (Å²) in [6, 6.07) is 0.561. The molecule has 4 heteroatoms. The molecule has 1 saturated heterocycles. The normalized spacial score (nSPS) is 27.1. The summed E-state index contributed by atoms with van der Waals surface area (Å²) in [7, 11) is 0. The third kappa shape index (κ3) is 3.65. The van der Waals surface area contributed by atoms with Gasteiger partial charge in [-0.15, -0.1) is 12.4 Å². The maximum atomic E-state index is 11.6. The smallest absolute Gasteiger partial charge is 0.237 e. The quantitative estimate of drug-likeness (QED) is 0.711. The monoisotopic (exact) mass is 232 g/mol. The van der Waals surface area contributed by atoms with Crippen molar-refractivity contribution in [3.05, 3.63) is 0 Å². The molecule has 0 spiro atoms. The van der Waals surface area contributed by atoms with Crippen LogP contribution in [0.15, 0.2) is 0 Å². The van der Waals surface area contributed by atoms with Crippen LogP contribution in [0.2, 0.25) is 0 Å². The average Bonchev–Trinajstić information content (AvgIpc) is 2.29. The van der Waals surface area contributed by atoms with Gasteiger partial charge in [0.2, 0.25) is 5.91 Å². The van der Waals surface area contributed by atoms with Crippen LogP contribution >= 0.6 is 12.4 Å². The van der Waals surface area contributed by atoms with E-state index in [-0.39, 0.29) is 24.4 Å². The second-order valence-electron chi connectivity index (χ2n) is 4.49. The van der Waals surface area contributed by atoms with Gasteiger partial charge in [0, 0.05) is 6.04 Å². The van der Waals surface area contributed by atoms with Crippen molar-refractivity contribution in [2.24, 2.45) is 0 Å². The molecular weight excluding hydrogens is 212 g/mol. The number of carbonyl (C=O) groups is 1. The molecule has 1 aliphatic heterocycles. The number of rotatable bonds is 2. The van der Waals surface area contributed by atoms with Gasteiger partial charge in [-0.3, -0.25) is 4.79 Å². The molecule has 1 heterocycles. The molecular formula is C11H21ClN2O. The molecule has 3 nitrogen and oxygen atoms in total. The Kier molecular flexibility index (Phi) is 5.40. The highest BCUT2D eigenvalue weighted by Crippen LogP contribution is 2.17. The first-order valence-electron chi connectivity index (χ1n) is 5.90. The summed E-state index contributed by atoms with van der Waals surface area (Å²) in [6.07, 6.45) is 8.61. The molecule has 1 atom stereocenters. The maximum Gasteiger partial charge on any atom is 0.237 e. The third-order valence-corrected chi connectivity index (χ3v) is 3.34. The molecule has 0 radical (unpaired) electrons. The van der Waals surface area contributed by atoms with Crippen LogP contribution in [0.5, 0.6) is 0 Å². The highest BCUT2D eigenvalue weighted by Gasteiger charge is 2.26. The van der Waals surface area contributed by atoms with Gasteiger partial charge in [-0.1, -0.05) is 25.7 Å². The highest BCUT2D eigenvalue weighted by atomic mass is 35.5. The fourth-order valence-electron chi connectivity index (χ4n) is 2.24. The Hall–Kier alpha value is -0.280. The van der Waals surface area contributed by atoms with E-state index in [1.807, 2.05) is 0 Å². The number of hydrogen-bond acceptors (Lipinski definition) is 2. The molecule has 0 aromatic rings. The van der Waals surface area contributed by atoms with Gasteiger partial charge < -0.3 is 10.6 Å². The molecule has 2 N–H and O–H groups in total. The molecule has 0 aromatic carbocycles. The summed E-state index contributed by atoms with van der Waals surface area (Å²) < 4.78 is 0. The van der Waals surface area contributed by atoms with Gasteiger partial charge in [0.15, 0.2) is 0 Å². The van der Waals surface area contributed by atoms with Gasteiger partial charge in [-0.25, -0.2) is 0 Å².